The molecule has 1 aromatic heterocycles. The second-order valence-electron chi connectivity index (χ2n) is 4.38. The van der Waals surface area contributed by atoms with Crippen LogP contribution in [0.4, 0.5) is 11.5 Å². The minimum atomic E-state index is -0.998. The maximum Gasteiger partial charge on any atom is 0.339 e. The summed E-state index contributed by atoms with van der Waals surface area (Å²) >= 11 is 0. The molecule has 0 spiro atoms. The molecule has 0 aliphatic heterocycles. The van der Waals surface area contributed by atoms with Crippen molar-refractivity contribution < 1.29 is 9.90 Å². The molecule has 0 saturated carbocycles. The molecule has 5 heteroatoms. The van der Waals surface area contributed by atoms with Crippen molar-refractivity contribution in [2.75, 3.05) is 23.7 Å². The average Bonchev–Trinajstić information content (AvgIpc) is 2.25. The number of nitrogens with zero attached hydrogens (tertiary/aromatic N) is 2. The van der Waals surface area contributed by atoms with Gasteiger partial charge in [0, 0.05) is 13.1 Å². The maximum absolute atomic E-state index is 11.2. The van der Waals surface area contributed by atoms with E-state index in [2.05, 4.69) is 18.8 Å². The van der Waals surface area contributed by atoms with Gasteiger partial charge in [0.25, 0.3) is 0 Å². The van der Waals surface area contributed by atoms with E-state index in [1.165, 1.54) is 12.3 Å². The molecule has 3 N–H and O–H groups in total. The van der Waals surface area contributed by atoms with E-state index in [0.29, 0.717) is 17.4 Å². The summed E-state index contributed by atoms with van der Waals surface area (Å²) in [5.41, 5.74) is 6.09. The first-order chi connectivity index (χ1) is 7.95. The van der Waals surface area contributed by atoms with Crippen LogP contribution >= 0.6 is 0 Å². The monoisotopic (exact) mass is 237 g/mol. The van der Waals surface area contributed by atoms with E-state index in [9.17, 15) is 4.79 Å². The molecule has 1 aromatic rings. The normalized spacial score (nSPS) is 10.6. The van der Waals surface area contributed by atoms with Gasteiger partial charge in [-0.15, -0.1) is 0 Å². The number of rotatable bonds is 5. The summed E-state index contributed by atoms with van der Waals surface area (Å²) in [7, 11) is 0. The third-order valence-electron chi connectivity index (χ3n) is 2.39. The van der Waals surface area contributed by atoms with Crippen LogP contribution < -0.4 is 10.6 Å². The van der Waals surface area contributed by atoms with Crippen LogP contribution in [0.15, 0.2) is 12.3 Å². The van der Waals surface area contributed by atoms with E-state index in [1.54, 1.807) is 0 Å². The molecule has 17 heavy (non-hydrogen) atoms. The van der Waals surface area contributed by atoms with Crippen molar-refractivity contribution >= 4 is 17.5 Å². The second kappa shape index (κ2) is 5.52. The number of nitrogens with two attached hydrogens (primary N) is 1. The first-order valence-corrected chi connectivity index (χ1v) is 5.69. The average molecular weight is 237 g/mol. The molecule has 0 aliphatic rings. The van der Waals surface area contributed by atoms with Crippen molar-refractivity contribution in [3.05, 3.63) is 17.8 Å². The van der Waals surface area contributed by atoms with Gasteiger partial charge in [0.1, 0.15) is 11.4 Å². The molecule has 0 atom stereocenters. The first kappa shape index (κ1) is 13.3. The van der Waals surface area contributed by atoms with Gasteiger partial charge in [-0.05, 0) is 18.9 Å². The molecular formula is C12H19N3O2. The highest BCUT2D eigenvalue weighted by molar-refractivity contribution is 5.94. The van der Waals surface area contributed by atoms with Crippen LogP contribution in [0.2, 0.25) is 0 Å². The fourth-order valence-corrected chi connectivity index (χ4v) is 1.69. The Balaban J connectivity index is 3.14. The lowest BCUT2D eigenvalue weighted by Crippen LogP contribution is -2.29. The van der Waals surface area contributed by atoms with E-state index < -0.39 is 5.97 Å². The van der Waals surface area contributed by atoms with Crippen molar-refractivity contribution in [2.24, 2.45) is 5.92 Å². The van der Waals surface area contributed by atoms with Gasteiger partial charge in [-0.1, -0.05) is 13.8 Å². The van der Waals surface area contributed by atoms with Gasteiger partial charge in [0.15, 0.2) is 0 Å². The SMILES string of the molecule is CCN(CC(C)C)c1ncc(N)cc1C(=O)O. The van der Waals surface area contributed by atoms with Gasteiger partial charge in [0.2, 0.25) is 0 Å². The third kappa shape index (κ3) is 3.34. The second-order valence-corrected chi connectivity index (χ2v) is 4.38. The van der Waals surface area contributed by atoms with Gasteiger partial charge in [-0.3, -0.25) is 0 Å². The molecule has 1 rings (SSSR count). The molecule has 0 aliphatic carbocycles. The summed E-state index contributed by atoms with van der Waals surface area (Å²) in [6.45, 7) is 7.63. The van der Waals surface area contributed by atoms with E-state index in [-0.39, 0.29) is 5.56 Å². The van der Waals surface area contributed by atoms with Gasteiger partial charge >= 0.3 is 5.97 Å². The topological polar surface area (TPSA) is 79.5 Å². The molecule has 94 valence electrons. The number of carboxylic acids is 1. The number of anilines is 2. The Morgan fingerprint density at radius 2 is 2.24 bits per heavy atom. The third-order valence-corrected chi connectivity index (χ3v) is 2.39. The van der Waals surface area contributed by atoms with Crippen molar-refractivity contribution in [3.8, 4) is 0 Å². The van der Waals surface area contributed by atoms with Gasteiger partial charge < -0.3 is 15.7 Å². The van der Waals surface area contributed by atoms with Crippen LogP contribution in [0.3, 0.4) is 0 Å². The van der Waals surface area contributed by atoms with E-state index in [1.807, 2.05) is 11.8 Å². The van der Waals surface area contributed by atoms with Crippen LogP contribution in [0, 0.1) is 5.92 Å². The summed E-state index contributed by atoms with van der Waals surface area (Å²) in [5, 5.41) is 9.15. The number of aromatic carboxylic acids is 1. The van der Waals surface area contributed by atoms with Crippen LogP contribution in [0.5, 0.6) is 0 Å². The van der Waals surface area contributed by atoms with Crippen molar-refractivity contribution in [2.45, 2.75) is 20.8 Å². The highest BCUT2D eigenvalue weighted by Crippen LogP contribution is 2.20. The molecule has 0 unspecified atom stereocenters. The quantitative estimate of drug-likeness (QED) is 0.817. The number of aromatic nitrogens is 1. The highest BCUT2D eigenvalue weighted by atomic mass is 16.4. The van der Waals surface area contributed by atoms with Crippen LogP contribution in [0.1, 0.15) is 31.1 Å². The number of hydrogen-bond acceptors (Lipinski definition) is 4. The van der Waals surface area contributed by atoms with Crippen molar-refractivity contribution in [1.29, 1.82) is 0 Å². The number of nitrogen functional groups attached to an aromatic ring is 1. The first-order valence-electron chi connectivity index (χ1n) is 5.69. The minimum Gasteiger partial charge on any atom is -0.478 e. The van der Waals surface area contributed by atoms with Gasteiger partial charge in [0.05, 0.1) is 11.9 Å². The number of carboxylic acid groups (broad SMARTS) is 1. The Hall–Kier alpha value is -1.78. The minimum absolute atomic E-state index is 0.160. The molecule has 0 fully saturated rings. The fourth-order valence-electron chi connectivity index (χ4n) is 1.69. The molecule has 5 nitrogen and oxygen atoms in total. The lowest BCUT2D eigenvalue weighted by Gasteiger charge is -2.25. The summed E-state index contributed by atoms with van der Waals surface area (Å²) in [6, 6.07) is 1.45. The molecule has 0 saturated heterocycles. The Bertz CT molecular complexity index is 405. The number of hydrogen-bond donors (Lipinski definition) is 2. The zero-order chi connectivity index (χ0) is 13.0. The summed E-state index contributed by atoms with van der Waals surface area (Å²) < 4.78 is 0. The summed E-state index contributed by atoms with van der Waals surface area (Å²) in [6.07, 6.45) is 1.49. The number of carbonyl (C=O) groups is 1. The van der Waals surface area contributed by atoms with E-state index >= 15 is 0 Å². The van der Waals surface area contributed by atoms with E-state index in [4.69, 9.17) is 10.8 Å². The van der Waals surface area contributed by atoms with Crippen LogP contribution in [-0.2, 0) is 0 Å². The fraction of sp³-hybridized carbons (Fsp3) is 0.500. The predicted molar refractivity (Wildman–Crippen MR) is 68.3 cm³/mol. The zero-order valence-corrected chi connectivity index (χ0v) is 10.5. The summed E-state index contributed by atoms with van der Waals surface area (Å²) in [5.74, 6) is -0.0687. The lowest BCUT2D eigenvalue weighted by molar-refractivity contribution is 0.0697. The standard InChI is InChI=1S/C12H19N3O2/c1-4-15(7-8(2)3)11-10(12(16)17)5-9(13)6-14-11/h5-6,8H,4,7,13H2,1-3H3,(H,16,17). The molecule has 0 amide bonds. The molecule has 0 radical (unpaired) electrons. The van der Waals surface area contributed by atoms with Gasteiger partial charge in [-0.25, -0.2) is 9.78 Å². The van der Waals surface area contributed by atoms with Crippen LogP contribution in [-0.4, -0.2) is 29.1 Å². The van der Waals surface area contributed by atoms with E-state index in [0.717, 1.165) is 13.1 Å². The molecule has 1 heterocycles. The predicted octanol–water partition coefficient (Wildman–Crippen LogP) is 1.84. The Labute approximate surface area is 101 Å². The van der Waals surface area contributed by atoms with Crippen LogP contribution in [0.25, 0.3) is 0 Å². The molecule has 0 aromatic carbocycles. The lowest BCUT2D eigenvalue weighted by atomic mass is 10.1. The number of pyridine rings is 1. The Morgan fingerprint density at radius 1 is 1.59 bits per heavy atom. The molecule has 0 bridgehead atoms. The Kier molecular flexibility index (Phi) is 4.31. The van der Waals surface area contributed by atoms with Gasteiger partial charge in [-0.2, -0.15) is 0 Å². The Morgan fingerprint density at radius 3 is 2.71 bits per heavy atom. The smallest absolute Gasteiger partial charge is 0.339 e. The zero-order valence-electron chi connectivity index (χ0n) is 10.5. The van der Waals surface area contributed by atoms with Crippen molar-refractivity contribution in [3.63, 3.8) is 0 Å². The van der Waals surface area contributed by atoms with Crippen molar-refractivity contribution in [1.82, 2.24) is 4.98 Å². The largest absolute Gasteiger partial charge is 0.478 e. The maximum atomic E-state index is 11.2. The summed E-state index contributed by atoms with van der Waals surface area (Å²) in [4.78, 5) is 17.3. The highest BCUT2D eigenvalue weighted by Gasteiger charge is 2.17. The molecular weight excluding hydrogens is 218 g/mol.